The van der Waals surface area contributed by atoms with Crippen LogP contribution >= 0.6 is 15.9 Å². The van der Waals surface area contributed by atoms with E-state index in [9.17, 15) is 4.79 Å². The van der Waals surface area contributed by atoms with Crippen LogP contribution in [-0.2, 0) is 4.43 Å². The molecule has 0 bridgehead atoms. The van der Waals surface area contributed by atoms with Crippen molar-refractivity contribution in [3.63, 3.8) is 0 Å². The van der Waals surface area contributed by atoms with Crippen LogP contribution in [0.25, 0.3) is 0 Å². The van der Waals surface area contributed by atoms with Gasteiger partial charge >= 0.3 is 5.97 Å². The van der Waals surface area contributed by atoms with Crippen molar-refractivity contribution in [2.45, 2.75) is 19.6 Å². The third kappa shape index (κ3) is 3.27. The minimum absolute atomic E-state index is 0.239. The zero-order valence-electron chi connectivity index (χ0n) is 8.50. The van der Waals surface area contributed by atoms with Crippen molar-refractivity contribution >= 4 is 30.2 Å². The van der Waals surface area contributed by atoms with Gasteiger partial charge in [-0.15, -0.1) is 0 Å². The highest BCUT2D eigenvalue weighted by Gasteiger charge is 2.21. The van der Waals surface area contributed by atoms with E-state index in [1.54, 1.807) is 6.07 Å². The summed E-state index contributed by atoms with van der Waals surface area (Å²) in [5.41, 5.74) is 0.593. The molecule has 1 rings (SSSR count). The van der Waals surface area contributed by atoms with E-state index in [1.807, 2.05) is 37.8 Å². The fourth-order valence-electron chi connectivity index (χ4n) is 0.960. The van der Waals surface area contributed by atoms with Crippen LogP contribution in [0.5, 0.6) is 0 Å². The standard InChI is InChI=1S/C10H13BrO2Si/c1-14(2,3)13-10(12)8-6-4-5-7-9(8)11/h4-7H,1-3H3. The Morgan fingerprint density at radius 2 is 1.86 bits per heavy atom. The predicted molar refractivity (Wildman–Crippen MR) is 62.9 cm³/mol. The lowest BCUT2D eigenvalue weighted by Gasteiger charge is -2.17. The van der Waals surface area contributed by atoms with Crippen molar-refractivity contribution in [3.8, 4) is 0 Å². The van der Waals surface area contributed by atoms with E-state index in [0.29, 0.717) is 5.56 Å². The third-order valence-electron chi connectivity index (χ3n) is 1.49. The lowest BCUT2D eigenvalue weighted by molar-refractivity contribution is 0.0723. The largest absolute Gasteiger partial charge is 0.516 e. The van der Waals surface area contributed by atoms with E-state index in [1.165, 1.54) is 0 Å². The van der Waals surface area contributed by atoms with Crippen molar-refractivity contribution in [3.05, 3.63) is 34.3 Å². The van der Waals surface area contributed by atoms with Gasteiger partial charge in [0.25, 0.3) is 0 Å². The van der Waals surface area contributed by atoms with E-state index in [4.69, 9.17) is 4.43 Å². The van der Waals surface area contributed by atoms with Crippen LogP contribution < -0.4 is 0 Å². The molecule has 0 aliphatic heterocycles. The van der Waals surface area contributed by atoms with Gasteiger partial charge in [-0.1, -0.05) is 12.1 Å². The average molecular weight is 273 g/mol. The molecule has 0 fully saturated rings. The van der Waals surface area contributed by atoms with Crippen molar-refractivity contribution in [1.29, 1.82) is 0 Å². The zero-order chi connectivity index (χ0) is 10.8. The number of carbonyl (C=O) groups is 1. The fraction of sp³-hybridized carbons (Fsp3) is 0.300. The van der Waals surface area contributed by atoms with Crippen LogP contribution in [0.1, 0.15) is 10.4 Å². The second kappa shape index (κ2) is 4.27. The zero-order valence-corrected chi connectivity index (χ0v) is 11.1. The normalized spacial score (nSPS) is 11.1. The van der Waals surface area contributed by atoms with E-state index >= 15 is 0 Å². The van der Waals surface area contributed by atoms with E-state index in [0.717, 1.165) is 4.47 Å². The smallest absolute Gasteiger partial charge is 0.325 e. The van der Waals surface area contributed by atoms with Gasteiger partial charge in [-0.2, -0.15) is 0 Å². The first-order valence-corrected chi connectivity index (χ1v) is 8.58. The molecular formula is C10H13BrO2Si. The van der Waals surface area contributed by atoms with Crippen LogP contribution in [0.2, 0.25) is 19.6 Å². The van der Waals surface area contributed by atoms with Gasteiger partial charge in [0.15, 0.2) is 0 Å². The Bertz CT molecular complexity index is 344. The first-order chi connectivity index (χ1) is 6.40. The monoisotopic (exact) mass is 272 g/mol. The van der Waals surface area contributed by atoms with Gasteiger partial charge in [-0.25, -0.2) is 4.79 Å². The molecule has 0 amide bonds. The topological polar surface area (TPSA) is 26.3 Å². The number of hydrogen-bond acceptors (Lipinski definition) is 2. The molecule has 2 nitrogen and oxygen atoms in total. The average Bonchev–Trinajstić information content (AvgIpc) is 2.01. The van der Waals surface area contributed by atoms with Crippen LogP contribution in [-0.4, -0.2) is 14.3 Å². The first kappa shape index (κ1) is 11.5. The molecule has 0 aliphatic rings. The summed E-state index contributed by atoms with van der Waals surface area (Å²) in [5, 5.41) is 0. The van der Waals surface area contributed by atoms with Crippen molar-refractivity contribution in [2.75, 3.05) is 0 Å². The lowest BCUT2D eigenvalue weighted by atomic mass is 10.2. The molecule has 1 aromatic rings. The second-order valence-electron chi connectivity index (χ2n) is 3.98. The number of halogens is 1. The number of rotatable bonds is 2. The molecule has 14 heavy (non-hydrogen) atoms. The first-order valence-electron chi connectivity index (χ1n) is 4.38. The molecule has 0 aliphatic carbocycles. The van der Waals surface area contributed by atoms with Gasteiger partial charge in [-0.3, -0.25) is 0 Å². The molecule has 0 atom stereocenters. The SMILES string of the molecule is C[Si](C)(C)OC(=O)c1ccccc1Br. The lowest BCUT2D eigenvalue weighted by Crippen LogP contribution is -2.29. The van der Waals surface area contributed by atoms with Crippen LogP contribution in [0.4, 0.5) is 0 Å². The number of hydrogen-bond donors (Lipinski definition) is 0. The molecule has 0 unspecified atom stereocenters. The predicted octanol–water partition coefficient (Wildman–Crippen LogP) is 3.44. The van der Waals surface area contributed by atoms with Gasteiger partial charge in [0, 0.05) is 4.47 Å². The molecule has 76 valence electrons. The Morgan fingerprint density at radius 1 is 1.29 bits per heavy atom. The van der Waals surface area contributed by atoms with Gasteiger partial charge in [0.1, 0.15) is 0 Å². The summed E-state index contributed by atoms with van der Waals surface area (Å²) in [4.78, 5) is 11.7. The maximum Gasteiger partial charge on any atom is 0.325 e. The molecule has 1 aromatic carbocycles. The third-order valence-corrected chi connectivity index (χ3v) is 2.98. The maximum absolute atomic E-state index is 11.7. The Labute approximate surface area is 93.5 Å². The van der Waals surface area contributed by atoms with Gasteiger partial charge in [0.05, 0.1) is 5.56 Å². The van der Waals surface area contributed by atoms with Crippen LogP contribution in [0.15, 0.2) is 28.7 Å². The van der Waals surface area contributed by atoms with Crippen molar-refractivity contribution in [2.24, 2.45) is 0 Å². The minimum Gasteiger partial charge on any atom is -0.516 e. The summed E-state index contributed by atoms with van der Waals surface area (Å²) >= 11 is 3.32. The molecule has 0 radical (unpaired) electrons. The summed E-state index contributed by atoms with van der Waals surface area (Å²) in [6.07, 6.45) is 0. The Morgan fingerprint density at radius 3 is 2.36 bits per heavy atom. The molecule has 0 saturated carbocycles. The summed E-state index contributed by atoms with van der Waals surface area (Å²) < 4.78 is 6.16. The Hall–Kier alpha value is -0.613. The molecule has 0 heterocycles. The molecule has 0 N–H and O–H groups in total. The summed E-state index contributed by atoms with van der Waals surface area (Å²) in [6.45, 7) is 5.96. The molecular weight excluding hydrogens is 260 g/mol. The van der Waals surface area contributed by atoms with E-state index < -0.39 is 8.32 Å². The van der Waals surface area contributed by atoms with Gasteiger partial charge < -0.3 is 4.43 Å². The maximum atomic E-state index is 11.7. The van der Waals surface area contributed by atoms with Crippen LogP contribution in [0.3, 0.4) is 0 Å². The minimum atomic E-state index is -1.80. The van der Waals surface area contributed by atoms with E-state index in [2.05, 4.69) is 15.9 Å². The Kier molecular flexibility index (Phi) is 3.50. The van der Waals surface area contributed by atoms with Crippen molar-refractivity contribution in [1.82, 2.24) is 0 Å². The highest BCUT2D eigenvalue weighted by molar-refractivity contribution is 9.10. The van der Waals surface area contributed by atoms with Gasteiger partial charge in [0.2, 0.25) is 8.32 Å². The highest BCUT2D eigenvalue weighted by Crippen LogP contribution is 2.18. The molecule has 4 heteroatoms. The van der Waals surface area contributed by atoms with Crippen LogP contribution in [0, 0.1) is 0 Å². The Balaban J connectivity index is 2.86. The molecule has 0 aromatic heterocycles. The molecule has 0 spiro atoms. The number of benzene rings is 1. The van der Waals surface area contributed by atoms with Crippen molar-refractivity contribution < 1.29 is 9.22 Å². The van der Waals surface area contributed by atoms with Gasteiger partial charge in [-0.05, 0) is 47.7 Å². The fourth-order valence-corrected chi connectivity index (χ4v) is 2.07. The summed E-state index contributed by atoms with van der Waals surface area (Å²) in [5.74, 6) is -0.239. The molecule has 0 saturated heterocycles. The van der Waals surface area contributed by atoms with E-state index in [-0.39, 0.29) is 5.97 Å². The number of carbonyl (C=O) groups excluding carboxylic acids is 1. The summed E-state index contributed by atoms with van der Waals surface area (Å²) in [6, 6.07) is 7.29. The summed E-state index contributed by atoms with van der Waals surface area (Å²) in [7, 11) is -1.80. The highest BCUT2D eigenvalue weighted by atomic mass is 79.9. The quantitative estimate of drug-likeness (QED) is 0.771. The second-order valence-corrected chi connectivity index (χ2v) is 9.26.